The molecule has 0 saturated carbocycles. The highest BCUT2D eigenvalue weighted by molar-refractivity contribution is 9.10. The summed E-state index contributed by atoms with van der Waals surface area (Å²) >= 11 is 9.14. The third kappa shape index (κ3) is 5.69. The molecular formula is C17H15BrClNO3. The summed E-state index contributed by atoms with van der Waals surface area (Å²) in [6, 6.07) is 12.4. The van der Waals surface area contributed by atoms with E-state index in [0.29, 0.717) is 10.7 Å². The second-order valence-corrected chi connectivity index (χ2v) is 6.32. The van der Waals surface area contributed by atoms with Crippen molar-refractivity contribution in [3.8, 4) is 0 Å². The molecule has 1 N–H and O–H groups in total. The lowest BCUT2D eigenvalue weighted by molar-refractivity contribution is -0.146. The number of aryl methyl sites for hydroxylation is 1. The summed E-state index contributed by atoms with van der Waals surface area (Å²) in [6.07, 6.45) is 0.0990. The fourth-order valence-electron chi connectivity index (χ4n) is 1.92. The Morgan fingerprint density at radius 2 is 1.87 bits per heavy atom. The van der Waals surface area contributed by atoms with Gasteiger partial charge in [-0.2, -0.15) is 0 Å². The van der Waals surface area contributed by atoms with Crippen LogP contribution in [0.1, 0.15) is 11.1 Å². The minimum absolute atomic E-state index is 0.0990. The number of ether oxygens (including phenoxy) is 1. The molecule has 0 saturated heterocycles. The monoisotopic (exact) mass is 395 g/mol. The molecule has 2 aromatic carbocycles. The maximum Gasteiger partial charge on any atom is 0.310 e. The van der Waals surface area contributed by atoms with E-state index in [0.717, 1.165) is 15.6 Å². The summed E-state index contributed by atoms with van der Waals surface area (Å²) in [5, 5.41) is 3.31. The van der Waals surface area contributed by atoms with Crippen molar-refractivity contribution in [2.24, 2.45) is 0 Å². The number of benzene rings is 2. The second-order valence-electron chi connectivity index (χ2n) is 4.97. The number of esters is 1. The molecule has 120 valence electrons. The van der Waals surface area contributed by atoms with Crippen molar-refractivity contribution in [1.29, 1.82) is 0 Å². The Bertz CT molecular complexity index is 716. The number of nitrogens with one attached hydrogen (secondary N) is 1. The van der Waals surface area contributed by atoms with Gasteiger partial charge in [-0.25, -0.2) is 0 Å². The molecule has 2 aromatic rings. The molecule has 0 spiro atoms. The molecule has 0 radical (unpaired) electrons. The first-order chi connectivity index (χ1) is 10.9. The first kappa shape index (κ1) is 17.5. The smallest absolute Gasteiger partial charge is 0.310 e. The van der Waals surface area contributed by atoms with E-state index >= 15 is 0 Å². The zero-order chi connectivity index (χ0) is 16.8. The lowest BCUT2D eigenvalue weighted by Gasteiger charge is -2.09. The van der Waals surface area contributed by atoms with Crippen molar-refractivity contribution in [2.45, 2.75) is 13.3 Å². The van der Waals surface area contributed by atoms with Crippen molar-refractivity contribution < 1.29 is 14.3 Å². The van der Waals surface area contributed by atoms with Gasteiger partial charge < -0.3 is 10.1 Å². The van der Waals surface area contributed by atoms with Crippen LogP contribution in [0.3, 0.4) is 0 Å². The van der Waals surface area contributed by atoms with Crippen LogP contribution in [0.4, 0.5) is 5.69 Å². The molecule has 0 aromatic heterocycles. The lowest BCUT2D eigenvalue weighted by Crippen LogP contribution is -2.22. The molecule has 0 aliphatic rings. The molecule has 1 amide bonds. The van der Waals surface area contributed by atoms with E-state index in [1.807, 2.05) is 19.1 Å². The zero-order valence-electron chi connectivity index (χ0n) is 12.4. The number of rotatable bonds is 5. The van der Waals surface area contributed by atoms with Crippen LogP contribution in [-0.2, 0) is 20.7 Å². The third-order valence-electron chi connectivity index (χ3n) is 3.09. The van der Waals surface area contributed by atoms with Crippen molar-refractivity contribution in [2.75, 3.05) is 11.9 Å². The molecule has 4 nitrogen and oxygen atoms in total. The van der Waals surface area contributed by atoms with Crippen LogP contribution < -0.4 is 5.32 Å². The van der Waals surface area contributed by atoms with E-state index in [1.165, 1.54) is 0 Å². The molecule has 0 aliphatic carbocycles. The minimum atomic E-state index is -0.463. The Labute approximate surface area is 147 Å². The maximum atomic E-state index is 11.8. The van der Waals surface area contributed by atoms with E-state index in [4.69, 9.17) is 16.3 Å². The number of carbonyl (C=O) groups excluding carboxylic acids is 2. The summed E-state index contributed by atoms with van der Waals surface area (Å²) in [5.41, 5.74) is 2.38. The molecule has 0 fully saturated rings. The molecule has 0 heterocycles. The van der Waals surface area contributed by atoms with Gasteiger partial charge in [0.1, 0.15) is 0 Å². The quantitative estimate of drug-likeness (QED) is 0.773. The number of halogens is 2. The van der Waals surface area contributed by atoms with Crippen molar-refractivity contribution in [3.05, 3.63) is 63.1 Å². The first-order valence-electron chi connectivity index (χ1n) is 6.90. The third-order valence-corrected chi connectivity index (χ3v) is 3.83. The second kappa shape index (κ2) is 8.13. The Morgan fingerprint density at radius 1 is 1.17 bits per heavy atom. The summed E-state index contributed by atoms with van der Waals surface area (Å²) in [4.78, 5) is 23.6. The fourth-order valence-corrected chi connectivity index (χ4v) is 2.52. The molecule has 0 unspecified atom stereocenters. The van der Waals surface area contributed by atoms with Crippen LogP contribution in [0.15, 0.2) is 46.9 Å². The van der Waals surface area contributed by atoms with Crippen LogP contribution >= 0.6 is 27.5 Å². The summed E-state index contributed by atoms with van der Waals surface area (Å²) in [6.45, 7) is 1.56. The molecule has 2 rings (SSSR count). The van der Waals surface area contributed by atoms with E-state index < -0.39 is 5.97 Å². The Kier molecular flexibility index (Phi) is 6.19. The Hall–Kier alpha value is -1.85. The van der Waals surface area contributed by atoms with Gasteiger partial charge >= 0.3 is 5.97 Å². The summed E-state index contributed by atoms with van der Waals surface area (Å²) < 4.78 is 5.91. The zero-order valence-corrected chi connectivity index (χ0v) is 14.8. The Morgan fingerprint density at radius 3 is 2.52 bits per heavy atom. The highest BCUT2D eigenvalue weighted by Crippen LogP contribution is 2.19. The van der Waals surface area contributed by atoms with Crippen LogP contribution in [0, 0.1) is 6.92 Å². The highest BCUT2D eigenvalue weighted by atomic mass is 79.9. The number of carbonyl (C=O) groups is 2. The molecular weight excluding hydrogens is 382 g/mol. The van der Waals surface area contributed by atoms with Crippen molar-refractivity contribution in [1.82, 2.24) is 0 Å². The maximum absolute atomic E-state index is 11.8. The van der Waals surface area contributed by atoms with E-state index in [2.05, 4.69) is 21.2 Å². The van der Waals surface area contributed by atoms with Gasteiger partial charge in [0.05, 0.1) is 6.42 Å². The summed E-state index contributed by atoms with van der Waals surface area (Å²) in [7, 11) is 0. The first-order valence-corrected chi connectivity index (χ1v) is 8.07. The van der Waals surface area contributed by atoms with Crippen LogP contribution in [-0.4, -0.2) is 18.5 Å². The van der Waals surface area contributed by atoms with Crippen LogP contribution in [0.2, 0.25) is 5.02 Å². The van der Waals surface area contributed by atoms with Gasteiger partial charge in [-0.1, -0.05) is 39.7 Å². The number of hydrogen-bond acceptors (Lipinski definition) is 3. The summed E-state index contributed by atoms with van der Waals surface area (Å²) in [5.74, 6) is -0.838. The van der Waals surface area contributed by atoms with Gasteiger partial charge in [-0.3, -0.25) is 9.59 Å². The van der Waals surface area contributed by atoms with E-state index in [9.17, 15) is 9.59 Å². The van der Waals surface area contributed by atoms with Crippen LogP contribution in [0.5, 0.6) is 0 Å². The molecule has 0 bridgehead atoms. The van der Waals surface area contributed by atoms with E-state index in [1.54, 1.807) is 30.3 Å². The van der Waals surface area contributed by atoms with Crippen LogP contribution in [0.25, 0.3) is 0 Å². The molecule has 0 aliphatic heterocycles. The van der Waals surface area contributed by atoms with Crippen molar-refractivity contribution >= 4 is 45.1 Å². The number of anilines is 1. The number of amides is 1. The Balaban J connectivity index is 1.81. The minimum Gasteiger partial charge on any atom is -0.455 e. The van der Waals surface area contributed by atoms with Gasteiger partial charge in [-0.15, -0.1) is 0 Å². The van der Waals surface area contributed by atoms with E-state index in [-0.39, 0.29) is 18.9 Å². The normalized spacial score (nSPS) is 10.2. The van der Waals surface area contributed by atoms with Gasteiger partial charge in [-0.05, 0) is 48.4 Å². The average molecular weight is 397 g/mol. The van der Waals surface area contributed by atoms with Gasteiger partial charge in [0.15, 0.2) is 6.61 Å². The fraction of sp³-hybridized carbons (Fsp3) is 0.176. The highest BCUT2D eigenvalue weighted by Gasteiger charge is 2.10. The van der Waals surface area contributed by atoms with Crippen molar-refractivity contribution in [3.63, 3.8) is 0 Å². The predicted molar refractivity (Wildman–Crippen MR) is 93.6 cm³/mol. The number of hydrogen-bond donors (Lipinski definition) is 1. The lowest BCUT2D eigenvalue weighted by atomic mass is 10.1. The topological polar surface area (TPSA) is 55.4 Å². The van der Waals surface area contributed by atoms with Gasteiger partial charge in [0, 0.05) is 15.2 Å². The molecule has 6 heteroatoms. The average Bonchev–Trinajstić information content (AvgIpc) is 2.50. The van der Waals surface area contributed by atoms with Gasteiger partial charge in [0.2, 0.25) is 0 Å². The predicted octanol–water partition coefficient (Wildman–Crippen LogP) is 4.14. The van der Waals surface area contributed by atoms with Gasteiger partial charge in [0.25, 0.3) is 5.91 Å². The standard InChI is InChI=1S/C17H15BrClNO3/c1-11-8-13(18)4-7-15(11)20-16(21)10-23-17(22)9-12-2-5-14(19)6-3-12/h2-8H,9-10H2,1H3,(H,20,21). The SMILES string of the molecule is Cc1cc(Br)ccc1NC(=O)COC(=O)Cc1ccc(Cl)cc1. The molecule has 23 heavy (non-hydrogen) atoms. The largest absolute Gasteiger partial charge is 0.455 e. The molecule has 0 atom stereocenters.